The lowest BCUT2D eigenvalue weighted by Crippen LogP contribution is -2.07. The molecule has 0 amide bonds. The number of benzene rings is 1. The monoisotopic (exact) mass is 222 g/mol. The second-order valence-corrected chi connectivity index (χ2v) is 3.33. The molecule has 1 rings (SSSR count). The van der Waals surface area contributed by atoms with Crippen molar-refractivity contribution in [2.75, 3.05) is 14.2 Å². The van der Waals surface area contributed by atoms with Gasteiger partial charge in [0.15, 0.2) is 0 Å². The van der Waals surface area contributed by atoms with Gasteiger partial charge < -0.3 is 9.47 Å². The minimum absolute atomic E-state index is 0.214. The molecule has 4 nitrogen and oxygen atoms in total. The van der Waals surface area contributed by atoms with Crippen LogP contribution in [0.15, 0.2) is 24.3 Å². The quantitative estimate of drug-likeness (QED) is 0.716. The summed E-state index contributed by atoms with van der Waals surface area (Å²) < 4.78 is 9.13. The first kappa shape index (κ1) is 12.2. The van der Waals surface area contributed by atoms with Crippen molar-refractivity contribution in [1.29, 1.82) is 0 Å². The van der Waals surface area contributed by atoms with E-state index in [1.54, 1.807) is 12.1 Å². The van der Waals surface area contributed by atoms with Crippen LogP contribution < -0.4 is 0 Å². The van der Waals surface area contributed by atoms with E-state index >= 15 is 0 Å². The second kappa shape index (κ2) is 5.90. The summed E-state index contributed by atoms with van der Waals surface area (Å²) in [5.74, 6) is -0.592. The molecule has 0 radical (unpaired) electrons. The molecule has 0 aliphatic rings. The van der Waals surface area contributed by atoms with Crippen LogP contribution in [0.5, 0.6) is 0 Å². The second-order valence-electron chi connectivity index (χ2n) is 3.33. The first-order valence-electron chi connectivity index (χ1n) is 4.87. The number of esters is 2. The van der Waals surface area contributed by atoms with Crippen LogP contribution in [-0.4, -0.2) is 26.2 Å². The third-order valence-corrected chi connectivity index (χ3v) is 2.14. The molecule has 0 fully saturated rings. The zero-order valence-corrected chi connectivity index (χ0v) is 9.36. The van der Waals surface area contributed by atoms with Crippen LogP contribution in [0.25, 0.3) is 0 Å². The molecule has 0 saturated carbocycles. The van der Waals surface area contributed by atoms with E-state index in [-0.39, 0.29) is 24.8 Å². The van der Waals surface area contributed by atoms with Crippen LogP contribution in [-0.2, 0) is 31.9 Å². The fourth-order valence-electron chi connectivity index (χ4n) is 1.33. The van der Waals surface area contributed by atoms with Crippen molar-refractivity contribution >= 4 is 11.9 Å². The van der Waals surface area contributed by atoms with E-state index in [4.69, 9.17) is 0 Å². The van der Waals surface area contributed by atoms with E-state index in [0.717, 1.165) is 11.1 Å². The van der Waals surface area contributed by atoms with Gasteiger partial charge in [0.1, 0.15) is 0 Å². The van der Waals surface area contributed by atoms with Gasteiger partial charge in [-0.25, -0.2) is 0 Å². The van der Waals surface area contributed by atoms with Gasteiger partial charge in [-0.05, 0) is 11.1 Å². The van der Waals surface area contributed by atoms with Crippen molar-refractivity contribution in [3.63, 3.8) is 0 Å². The minimum atomic E-state index is -0.296. The Balaban J connectivity index is 2.71. The summed E-state index contributed by atoms with van der Waals surface area (Å²) in [7, 11) is 2.70. The summed E-state index contributed by atoms with van der Waals surface area (Å²) in [6.07, 6.45) is 0.428. The topological polar surface area (TPSA) is 52.6 Å². The molecule has 4 heteroatoms. The van der Waals surface area contributed by atoms with Gasteiger partial charge in [0.2, 0.25) is 0 Å². The molecule has 0 atom stereocenters. The number of carbonyl (C=O) groups excluding carboxylic acids is 2. The normalized spacial score (nSPS) is 9.62. The van der Waals surface area contributed by atoms with Gasteiger partial charge in [-0.2, -0.15) is 0 Å². The lowest BCUT2D eigenvalue weighted by atomic mass is 10.1. The summed E-state index contributed by atoms with van der Waals surface area (Å²) in [5.41, 5.74) is 1.65. The van der Waals surface area contributed by atoms with E-state index in [1.165, 1.54) is 14.2 Å². The maximum atomic E-state index is 11.1. The zero-order chi connectivity index (χ0) is 12.0. The highest BCUT2D eigenvalue weighted by Gasteiger charge is 2.06. The molecule has 0 aromatic heterocycles. The highest BCUT2D eigenvalue weighted by molar-refractivity contribution is 5.74. The van der Waals surface area contributed by atoms with Gasteiger partial charge in [0.25, 0.3) is 0 Å². The molecule has 16 heavy (non-hydrogen) atoms. The fourth-order valence-corrected chi connectivity index (χ4v) is 1.33. The Kier molecular flexibility index (Phi) is 4.51. The summed E-state index contributed by atoms with van der Waals surface area (Å²) in [6.45, 7) is 0. The highest BCUT2D eigenvalue weighted by Crippen LogP contribution is 2.08. The summed E-state index contributed by atoms with van der Waals surface area (Å²) in [6, 6.07) is 7.24. The minimum Gasteiger partial charge on any atom is -0.469 e. The molecule has 86 valence electrons. The smallest absolute Gasteiger partial charge is 0.309 e. The zero-order valence-electron chi connectivity index (χ0n) is 9.36. The summed E-state index contributed by atoms with van der Waals surface area (Å²) >= 11 is 0. The maximum Gasteiger partial charge on any atom is 0.309 e. The molecule has 0 heterocycles. The van der Waals surface area contributed by atoms with Crippen molar-refractivity contribution in [1.82, 2.24) is 0 Å². The number of methoxy groups -OCH3 is 2. The summed E-state index contributed by atoms with van der Waals surface area (Å²) in [4.78, 5) is 22.1. The molecule has 0 aliphatic heterocycles. The van der Waals surface area contributed by atoms with E-state index in [2.05, 4.69) is 9.47 Å². The van der Waals surface area contributed by atoms with E-state index in [0.29, 0.717) is 0 Å². The van der Waals surface area contributed by atoms with Gasteiger partial charge in [0.05, 0.1) is 27.1 Å². The Morgan fingerprint density at radius 2 is 1.44 bits per heavy atom. The first-order chi connectivity index (χ1) is 7.65. The molecular formula is C12H14O4. The van der Waals surface area contributed by atoms with Crippen LogP contribution in [0.3, 0.4) is 0 Å². The number of hydrogen-bond donors (Lipinski definition) is 0. The van der Waals surface area contributed by atoms with Crippen LogP contribution >= 0.6 is 0 Å². The van der Waals surface area contributed by atoms with Crippen LogP contribution in [0.2, 0.25) is 0 Å². The molecule has 1 aromatic rings. The summed E-state index contributed by atoms with van der Waals surface area (Å²) in [5, 5.41) is 0. The van der Waals surface area contributed by atoms with Gasteiger partial charge in [0, 0.05) is 0 Å². The van der Waals surface area contributed by atoms with Crippen LogP contribution in [0.4, 0.5) is 0 Å². The number of hydrogen-bond acceptors (Lipinski definition) is 4. The largest absolute Gasteiger partial charge is 0.469 e. The van der Waals surface area contributed by atoms with Crippen LogP contribution in [0, 0.1) is 0 Å². The van der Waals surface area contributed by atoms with Crippen molar-refractivity contribution in [2.24, 2.45) is 0 Å². The Labute approximate surface area is 94.2 Å². The predicted molar refractivity (Wildman–Crippen MR) is 57.9 cm³/mol. The van der Waals surface area contributed by atoms with Gasteiger partial charge in [-0.1, -0.05) is 24.3 Å². The molecule has 0 saturated heterocycles. The average Bonchev–Trinajstić information content (AvgIpc) is 2.29. The lowest BCUT2D eigenvalue weighted by Gasteiger charge is -2.03. The van der Waals surface area contributed by atoms with E-state index < -0.39 is 0 Å². The lowest BCUT2D eigenvalue weighted by molar-refractivity contribution is -0.140. The van der Waals surface area contributed by atoms with Crippen molar-refractivity contribution in [3.8, 4) is 0 Å². The molecule has 0 unspecified atom stereocenters. The van der Waals surface area contributed by atoms with Gasteiger partial charge in [-0.15, -0.1) is 0 Å². The molecule has 0 N–H and O–H groups in total. The molecule has 0 spiro atoms. The number of rotatable bonds is 4. The molecule has 1 aromatic carbocycles. The molecular weight excluding hydrogens is 208 g/mol. The van der Waals surface area contributed by atoms with Gasteiger partial charge >= 0.3 is 11.9 Å². The maximum absolute atomic E-state index is 11.1. The standard InChI is InChI=1S/C12H14O4/c1-15-11(13)7-9-4-3-5-10(6-9)8-12(14)16-2/h3-6H,7-8H2,1-2H3. The van der Waals surface area contributed by atoms with Gasteiger partial charge in [-0.3, -0.25) is 9.59 Å². The highest BCUT2D eigenvalue weighted by atomic mass is 16.5. The Morgan fingerprint density at radius 1 is 1.00 bits per heavy atom. The third-order valence-electron chi connectivity index (χ3n) is 2.14. The van der Waals surface area contributed by atoms with E-state index in [1.807, 2.05) is 12.1 Å². The fraction of sp³-hybridized carbons (Fsp3) is 0.333. The molecule has 0 aliphatic carbocycles. The van der Waals surface area contributed by atoms with Crippen molar-refractivity contribution < 1.29 is 19.1 Å². The van der Waals surface area contributed by atoms with Crippen molar-refractivity contribution in [3.05, 3.63) is 35.4 Å². The SMILES string of the molecule is COC(=O)Cc1cccc(CC(=O)OC)c1. The van der Waals surface area contributed by atoms with Crippen LogP contribution in [0.1, 0.15) is 11.1 Å². The predicted octanol–water partition coefficient (Wildman–Crippen LogP) is 1.12. The van der Waals surface area contributed by atoms with E-state index in [9.17, 15) is 9.59 Å². The molecule has 0 bridgehead atoms. The average molecular weight is 222 g/mol. The first-order valence-corrected chi connectivity index (χ1v) is 4.87. The Morgan fingerprint density at radius 3 is 1.81 bits per heavy atom. The number of ether oxygens (including phenoxy) is 2. The Hall–Kier alpha value is -1.84. The third kappa shape index (κ3) is 3.73. The van der Waals surface area contributed by atoms with Crippen molar-refractivity contribution in [2.45, 2.75) is 12.8 Å². The number of carbonyl (C=O) groups is 2. The Bertz CT molecular complexity index is 351.